The zero-order chi connectivity index (χ0) is 14.8. The molecule has 0 amide bonds. The summed E-state index contributed by atoms with van der Waals surface area (Å²) in [5, 5.41) is 5.66. The van der Waals surface area contributed by atoms with Gasteiger partial charge in [-0.1, -0.05) is 0 Å². The molecule has 0 aliphatic heterocycles. The van der Waals surface area contributed by atoms with Crippen molar-refractivity contribution in [2.24, 2.45) is 0 Å². The first-order chi connectivity index (χ1) is 9.42. The Morgan fingerprint density at radius 1 is 1.45 bits per heavy atom. The molecule has 0 aliphatic rings. The Balaban J connectivity index is 2.26. The minimum atomic E-state index is 0.106. The van der Waals surface area contributed by atoms with E-state index in [4.69, 9.17) is 4.98 Å². The van der Waals surface area contributed by atoms with E-state index in [-0.39, 0.29) is 5.54 Å². The van der Waals surface area contributed by atoms with Crippen LogP contribution in [0.5, 0.6) is 0 Å². The van der Waals surface area contributed by atoms with Gasteiger partial charge in [-0.3, -0.25) is 4.40 Å². The zero-order valence-corrected chi connectivity index (χ0v) is 14.6. The SMILES string of the molecule is CSCCN(C)c1nc2sccn2c1CNC(C)(C)C. The first-order valence-corrected chi connectivity index (χ1v) is 9.09. The molecule has 2 heterocycles. The van der Waals surface area contributed by atoms with Crippen LogP contribution in [0, 0.1) is 0 Å². The molecule has 4 nitrogen and oxygen atoms in total. The van der Waals surface area contributed by atoms with E-state index in [1.165, 1.54) is 5.69 Å². The second-order valence-electron chi connectivity index (χ2n) is 5.96. The molecular weight excluding hydrogens is 288 g/mol. The number of hydrogen-bond donors (Lipinski definition) is 1. The van der Waals surface area contributed by atoms with Gasteiger partial charge in [-0.2, -0.15) is 11.8 Å². The van der Waals surface area contributed by atoms with Crippen LogP contribution in [-0.2, 0) is 6.54 Å². The molecule has 0 bridgehead atoms. The maximum atomic E-state index is 4.78. The van der Waals surface area contributed by atoms with Gasteiger partial charge in [-0.25, -0.2) is 4.98 Å². The molecule has 0 unspecified atom stereocenters. The third-order valence-corrected chi connectivity index (χ3v) is 4.47. The highest BCUT2D eigenvalue weighted by Crippen LogP contribution is 2.24. The van der Waals surface area contributed by atoms with E-state index in [2.05, 4.69) is 60.3 Å². The van der Waals surface area contributed by atoms with E-state index in [1.807, 2.05) is 11.8 Å². The first kappa shape index (κ1) is 15.7. The second-order valence-corrected chi connectivity index (χ2v) is 7.81. The molecule has 6 heteroatoms. The predicted molar refractivity (Wildman–Crippen MR) is 91.3 cm³/mol. The topological polar surface area (TPSA) is 32.6 Å². The lowest BCUT2D eigenvalue weighted by molar-refractivity contribution is 0.420. The van der Waals surface area contributed by atoms with Gasteiger partial charge in [0.2, 0.25) is 0 Å². The van der Waals surface area contributed by atoms with Gasteiger partial charge < -0.3 is 10.2 Å². The molecule has 20 heavy (non-hydrogen) atoms. The summed E-state index contributed by atoms with van der Waals surface area (Å²) in [5.74, 6) is 2.22. The summed E-state index contributed by atoms with van der Waals surface area (Å²) < 4.78 is 2.20. The van der Waals surface area contributed by atoms with Gasteiger partial charge in [0.05, 0.1) is 5.69 Å². The van der Waals surface area contributed by atoms with Crippen LogP contribution < -0.4 is 10.2 Å². The Labute approximate surface area is 129 Å². The van der Waals surface area contributed by atoms with Crippen LogP contribution in [0.4, 0.5) is 5.82 Å². The largest absolute Gasteiger partial charge is 0.357 e. The number of imidazole rings is 1. The van der Waals surface area contributed by atoms with Gasteiger partial charge in [0, 0.05) is 43.0 Å². The van der Waals surface area contributed by atoms with Crippen molar-refractivity contribution in [2.75, 3.05) is 30.5 Å². The Hall–Kier alpha value is -0.720. The highest BCUT2D eigenvalue weighted by molar-refractivity contribution is 7.98. The molecule has 1 N–H and O–H groups in total. The summed E-state index contributed by atoms with van der Waals surface area (Å²) in [7, 11) is 2.13. The third kappa shape index (κ3) is 3.68. The van der Waals surface area contributed by atoms with E-state index in [0.717, 1.165) is 29.6 Å². The van der Waals surface area contributed by atoms with Crippen molar-refractivity contribution in [3.8, 4) is 0 Å². The number of fused-ring (bicyclic) bond motifs is 1. The lowest BCUT2D eigenvalue weighted by Gasteiger charge is -2.22. The second kappa shape index (κ2) is 6.37. The smallest absolute Gasteiger partial charge is 0.195 e. The van der Waals surface area contributed by atoms with E-state index in [9.17, 15) is 0 Å². The number of thioether (sulfide) groups is 1. The fraction of sp³-hybridized carbons (Fsp3) is 0.643. The summed E-state index contributed by atoms with van der Waals surface area (Å²) in [4.78, 5) is 8.12. The maximum absolute atomic E-state index is 4.78. The maximum Gasteiger partial charge on any atom is 0.195 e. The molecule has 2 aromatic heterocycles. The molecule has 0 radical (unpaired) electrons. The fourth-order valence-electron chi connectivity index (χ4n) is 1.97. The standard InChI is InChI=1S/C14H24N4S2/c1-14(2,3)15-10-11-12(17(4)6-8-19-5)16-13-18(11)7-9-20-13/h7,9,15H,6,8,10H2,1-5H3. The Kier molecular flexibility index (Phi) is 4.99. The summed E-state index contributed by atoms with van der Waals surface area (Å²) in [6, 6.07) is 0. The van der Waals surface area contributed by atoms with E-state index in [1.54, 1.807) is 11.3 Å². The van der Waals surface area contributed by atoms with Crippen LogP contribution in [0.15, 0.2) is 11.6 Å². The van der Waals surface area contributed by atoms with E-state index < -0.39 is 0 Å². The summed E-state index contributed by atoms with van der Waals surface area (Å²) in [6.07, 6.45) is 4.25. The molecule has 112 valence electrons. The normalized spacial score (nSPS) is 12.2. The highest BCUT2D eigenvalue weighted by atomic mass is 32.2. The van der Waals surface area contributed by atoms with Crippen molar-refractivity contribution >= 4 is 33.9 Å². The van der Waals surface area contributed by atoms with E-state index >= 15 is 0 Å². The van der Waals surface area contributed by atoms with Crippen LogP contribution in [-0.4, -0.2) is 40.5 Å². The van der Waals surface area contributed by atoms with Crippen LogP contribution in [0.2, 0.25) is 0 Å². The van der Waals surface area contributed by atoms with Crippen molar-refractivity contribution < 1.29 is 0 Å². The predicted octanol–water partition coefficient (Wildman–Crippen LogP) is 3.08. The number of anilines is 1. The van der Waals surface area contributed by atoms with Crippen molar-refractivity contribution in [1.82, 2.24) is 14.7 Å². The Bertz CT molecular complexity index is 553. The van der Waals surface area contributed by atoms with Crippen LogP contribution >= 0.6 is 23.1 Å². The number of thiazole rings is 1. The monoisotopic (exact) mass is 312 g/mol. The van der Waals surface area contributed by atoms with Crippen LogP contribution in [0.1, 0.15) is 26.5 Å². The minimum absolute atomic E-state index is 0.106. The van der Waals surface area contributed by atoms with Crippen molar-refractivity contribution in [2.45, 2.75) is 32.9 Å². The molecule has 0 aliphatic carbocycles. The third-order valence-electron chi connectivity index (χ3n) is 3.12. The van der Waals surface area contributed by atoms with Crippen molar-refractivity contribution in [3.05, 3.63) is 17.3 Å². The lowest BCUT2D eigenvalue weighted by Crippen LogP contribution is -2.36. The number of rotatable bonds is 6. The van der Waals surface area contributed by atoms with Crippen LogP contribution in [0.3, 0.4) is 0 Å². The average molecular weight is 313 g/mol. The molecular formula is C14H24N4S2. The summed E-state index contributed by atoms with van der Waals surface area (Å²) in [5.41, 5.74) is 1.36. The van der Waals surface area contributed by atoms with Gasteiger partial charge in [0.25, 0.3) is 0 Å². The number of nitrogens with one attached hydrogen (secondary N) is 1. The molecule has 0 saturated heterocycles. The Morgan fingerprint density at radius 3 is 2.85 bits per heavy atom. The molecule has 2 aromatic rings. The fourth-order valence-corrected chi connectivity index (χ4v) is 3.16. The Morgan fingerprint density at radius 2 is 2.20 bits per heavy atom. The molecule has 2 rings (SSSR count). The van der Waals surface area contributed by atoms with Gasteiger partial charge in [0.1, 0.15) is 0 Å². The van der Waals surface area contributed by atoms with Gasteiger partial charge in [0.15, 0.2) is 10.8 Å². The summed E-state index contributed by atoms with van der Waals surface area (Å²) in [6.45, 7) is 8.43. The van der Waals surface area contributed by atoms with Crippen LogP contribution in [0.25, 0.3) is 4.96 Å². The molecule has 0 aromatic carbocycles. The number of nitrogens with zero attached hydrogens (tertiary/aromatic N) is 3. The highest BCUT2D eigenvalue weighted by Gasteiger charge is 2.18. The lowest BCUT2D eigenvalue weighted by atomic mass is 10.1. The quantitative estimate of drug-likeness (QED) is 0.888. The zero-order valence-electron chi connectivity index (χ0n) is 12.9. The van der Waals surface area contributed by atoms with Crippen molar-refractivity contribution in [1.29, 1.82) is 0 Å². The minimum Gasteiger partial charge on any atom is -0.357 e. The van der Waals surface area contributed by atoms with Crippen molar-refractivity contribution in [3.63, 3.8) is 0 Å². The average Bonchev–Trinajstić information content (AvgIpc) is 2.92. The first-order valence-electron chi connectivity index (χ1n) is 6.82. The molecule has 0 saturated carbocycles. The van der Waals surface area contributed by atoms with Gasteiger partial charge >= 0.3 is 0 Å². The number of aromatic nitrogens is 2. The molecule has 0 atom stereocenters. The molecule has 0 spiro atoms. The van der Waals surface area contributed by atoms with Gasteiger partial charge in [-0.05, 0) is 27.0 Å². The number of hydrogen-bond acceptors (Lipinski definition) is 5. The van der Waals surface area contributed by atoms with Gasteiger partial charge in [-0.15, -0.1) is 11.3 Å². The van der Waals surface area contributed by atoms with E-state index in [0.29, 0.717) is 0 Å². The summed E-state index contributed by atoms with van der Waals surface area (Å²) >= 11 is 3.56. The molecule has 0 fully saturated rings.